The maximum atomic E-state index is 12.2. The zero-order valence-corrected chi connectivity index (χ0v) is 14.3. The van der Waals surface area contributed by atoms with Crippen molar-refractivity contribution in [1.29, 1.82) is 0 Å². The third-order valence-electron chi connectivity index (χ3n) is 3.46. The van der Waals surface area contributed by atoms with Crippen molar-refractivity contribution < 1.29 is 24.2 Å². The molecule has 2 rings (SSSR count). The fraction of sp³-hybridized carbons (Fsp3) is 0.368. The Morgan fingerprint density at radius 3 is 2.33 bits per heavy atom. The first-order chi connectivity index (χ1) is 11.2. The van der Waals surface area contributed by atoms with Gasteiger partial charge in [0, 0.05) is 0 Å². The first kappa shape index (κ1) is 17.8. The van der Waals surface area contributed by atoms with Crippen molar-refractivity contribution in [2.24, 2.45) is 0 Å². The Morgan fingerprint density at radius 2 is 1.71 bits per heavy atom. The lowest BCUT2D eigenvalue weighted by Gasteiger charge is -2.22. The van der Waals surface area contributed by atoms with E-state index in [1.165, 1.54) is 0 Å². The fourth-order valence-corrected chi connectivity index (χ4v) is 2.27. The number of esters is 1. The Hall–Kier alpha value is -2.56. The molecule has 0 unspecified atom stereocenters. The van der Waals surface area contributed by atoms with Crippen LogP contribution in [0.4, 0.5) is 0 Å². The molecule has 0 aromatic heterocycles. The lowest BCUT2D eigenvalue weighted by molar-refractivity contribution is -0.156. The molecule has 24 heavy (non-hydrogen) atoms. The van der Waals surface area contributed by atoms with Crippen molar-refractivity contribution in [3.8, 4) is 5.75 Å². The molecule has 0 spiro atoms. The van der Waals surface area contributed by atoms with E-state index in [0.717, 1.165) is 16.3 Å². The minimum Gasteiger partial charge on any atom is -0.482 e. The van der Waals surface area contributed by atoms with Crippen LogP contribution in [0, 0.1) is 0 Å². The van der Waals surface area contributed by atoms with E-state index in [4.69, 9.17) is 14.6 Å². The molecular weight excluding hydrogens is 308 g/mol. The van der Waals surface area contributed by atoms with Gasteiger partial charge >= 0.3 is 11.9 Å². The van der Waals surface area contributed by atoms with Crippen molar-refractivity contribution in [2.75, 3.05) is 6.61 Å². The molecule has 0 aliphatic carbocycles. The molecule has 0 amide bonds. The van der Waals surface area contributed by atoms with Gasteiger partial charge in [0.15, 0.2) is 6.61 Å². The SMILES string of the molecule is C[C@H](C(=O)OC(C)(C)C)c1ccc2cc(OCC(=O)O)ccc2c1. The minimum atomic E-state index is -1.02. The fourth-order valence-electron chi connectivity index (χ4n) is 2.27. The van der Waals surface area contributed by atoms with Gasteiger partial charge in [-0.1, -0.05) is 24.3 Å². The molecule has 5 nitrogen and oxygen atoms in total. The van der Waals surface area contributed by atoms with Gasteiger partial charge < -0.3 is 14.6 Å². The Bertz CT molecular complexity index is 758. The highest BCUT2D eigenvalue weighted by Gasteiger charge is 2.23. The maximum absolute atomic E-state index is 12.2. The second-order valence-electron chi connectivity index (χ2n) is 6.71. The van der Waals surface area contributed by atoms with Gasteiger partial charge in [0.2, 0.25) is 0 Å². The monoisotopic (exact) mass is 330 g/mol. The molecule has 0 saturated heterocycles. The summed E-state index contributed by atoms with van der Waals surface area (Å²) in [6.45, 7) is 6.98. The normalized spacial score (nSPS) is 12.7. The molecular formula is C19H22O5. The zero-order chi connectivity index (χ0) is 17.9. The van der Waals surface area contributed by atoms with Crippen LogP contribution in [-0.4, -0.2) is 29.3 Å². The number of carboxylic acids is 1. The van der Waals surface area contributed by atoms with Gasteiger partial charge in [-0.05, 0) is 56.2 Å². The standard InChI is InChI=1S/C19H22O5/c1-12(18(22)24-19(2,3)4)13-5-6-15-10-16(23-11-17(20)21)8-7-14(15)9-13/h5-10,12H,11H2,1-4H3,(H,20,21)/t12-/m0/s1. The predicted octanol–water partition coefficient (Wildman–Crippen LogP) is 3.75. The number of carbonyl (C=O) groups excluding carboxylic acids is 1. The summed E-state index contributed by atoms with van der Waals surface area (Å²) >= 11 is 0. The van der Waals surface area contributed by atoms with E-state index >= 15 is 0 Å². The van der Waals surface area contributed by atoms with E-state index in [-0.39, 0.29) is 18.5 Å². The average molecular weight is 330 g/mol. The molecule has 1 atom stereocenters. The van der Waals surface area contributed by atoms with E-state index < -0.39 is 11.6 Å². The second-order valence-corrected chi connectivity index (χ2v) is 6.71. The van der Waals surface area contributed by atoms with Gasteiger partial charge in [0.05, 0.1) is 5.92 Å². The van der Waals surface area contributed by atoms with E-state index in [1.54, 1.807) is 12.1 Å². The number of carboxylic acid groups (broad SMARTS) is 1. The number of rotatable bonds is 5. The Labute approximate surface area is 141 Å². The molecule has 1 N–H and O–H groups in total. The van der Waals surface area contributed by atoms with Crippen molar-refractivity contribution in [3.05, 3.63) is 42.0 Å². The summed E-state index contributed by atoms with van der Waals surface area (Å²) < 4.78 is 10.6. The van der Waals surface area contributed by atoms with Gasteiger partial charge in [-0.3, -0.25) is 4.79 Å². The molecule has 128 valence electrons. The minimum absolute atomic E-state index is 0.261. The Kier molecular flexibility index (Phi) is 5.12. The number of ether oxygens (including phenoxy) is 2. The number of hydrogen-bond acceptors (Lipinski definition) is 4. The molecule has 0 bridgehead atoms. The zero-order valence-electron chi connectivity index (χ0n) is 14.3. The quantitative estimate of drug-likeness (QED) is 0.845. The number of hydrogen-bond donors (Lipinski definition) is 1. The Balaban J connectivity index is 2.20. The van der Waals surface area contributed by atoms with Crippen LogP contribution in [0.3, 0.4) is 0 Å². The molecule has 0 radical (unpaired) electrons. The predicted molar refractivity (Wildman–Crippen MR) is 91.3 cm³/mol. The summed E-state index contributed by atoms with van der Waals surface area (Å²) in [5.41, 5.74) is 0.356. The van der Waals surface area contributed by atoms with Crippen molar-refractivity contribution >= 4 is 22.7 Å². The average Bonchev–Trinajstić information content (AvgIpc) is 2.49. The molecule has 0 aliphatic heterocycles. The summed E-state index contributed by atoms with van der Waals surface area (Å²) in [4.78, 5) is 22.8. The number of benzene rings is 2. The van der Waals surface area contributed by atoms with E-state index in [2.05, 4.69) is 0 Å². The first-order valence-electron chi connectivity index (χ1n) is 7.77. The van der Waals surface area contributed by atoms with Crippen LogP contribution in [-0.2, 0) is 14.3 Å². The van der Waals surface area contributed by atoms with Gasteiger partial charge in [-0.25, -0.2) is 4.79 Å². The van der Waals surface area contributed by atoms with Crippen molar-refractivity contribution in [3.63, 3.8) is 0 Å². The van der Waals surface area contributed by atoms with E-state index in [9.17, 15) is 9.59 Å². The highest BCUT2D eigenvalue weighted by molar-refractivity contribution is 5.87. The third kappa shape index (κ3) is 4.72. The topological polar surface area (TPSA) is 72.8 Å². The summed E-state index contributed by atoms with van der Waals surface area (Å²) in [6, 6.07) is 11.0. The van der Waals surface area contributed by atoms with Crippen LogP contribution in [0.5, 0.6) is 5.75 Å². The highest BCUT2D eigenvalue weighted by atomic mass is 16.6. The number of fused-ring (bicyclic) bond motifs is 1. The molecule has 0 fully saturated rings. The molecule has 2 aromatic rings. The summed E-state index contributed by atoms with van der Waals surface area (Å²) in [6.07, 6.45) is 0. The van der Waals surface area contributed by atoms with Gasteiger partial charge in [-0.15, -0.1) is 0 Å². The first-order valence-corrected chi connectivity index (χ1v) is 7.77. The lowest BCUT2D eigenvalue weighted by Crippen LogP contribution is -2.26. The Morgan fingerprint density at radius 1 is 1.08 bits per heavy atom. The maximum Gasteiger partial charge on any atom is 0.341 e. The number of aliphatic carboxylic acids is 1. The van der Waals surface area contributed by atoms with Crippen LogP contribution in [0.1, 0.15) is 39.2 Å². The summed E-state index contributed by atoms with van der Waals surface area (Å²) in [5.74, 6) is -1.14. The molecule has 0 heterocycles. The van der Waals surface area contributed by atoms with Crippen molar-refractivity contribution in [2.45, 2.75) is 39.2 Å². The van der Waals surface area contributed by atoms with Crippen LogP contribution in [0.25, 0.3) is 10.8 Å². The number of carbonyl (C=O) groups is 2. The van der Waals surface area contributed by atoms with Crippen LogP contribution < -0.4 is 4.74 Å². The summed E-state index contributed by atoms with van der Waals surface area (Å²) in [5, 5.41) is 10.5. The third-order valence-corrected chi connectivity index (χ3v) is 3.46. The smallest absolute Gasteiger partial charge is 0.341 e. The van der Waals surface area contributed by atoms with Crippen LogP contribution in [0.2, 0.25) is 0 Å². The highest BCUT2D eigenvalue weighted by Crippen LogP contribution is 2.26. The van der Waals surface area contributed by atoms with Crippen LogP contribution in [0.15, 0.2) is 36.4 Å². The van der Waals surface area contributed by atoms with Gasteiger partial charge in [0.1, 0.15) is 11.4 Å². The largest absolute Gasteiger partial charge is 0.482 e. The van der Waals surface area contributed by atoms with Crippen LogP contribution >= 0.6 is 0 Å². The van der Waals surface area contributed by atoms with E-state index in [1.807, 2.05) is 52.0 Å². The van der Waals surface area contributed by atoms with Crippen molar-refractivity contribution in [1.82, 2.24) is 0 Å². The van der Waals surface area contributed by atoms with Gasteiger partial charge in [-0.2, -0.15) is 0 Å². The molecule has 0 saturated carbocycles. The molecule has 0 aliphatic rings. The summed E-state index contributed by atoms with van der Waals surface area (Å²) in [7, 11) is 0. The lowest BCUT2D eigenvalue weighted by atomic mass is 9.97. The molecule has 5 heteroatoms. The van der Waals surface area contributed by atoms with E-state index in [0.29, 0.717) is 5.75 Å². The van der Waals surface area contributed by atoms with Gasteiger partial charge in [0.25, 0.3) is 0 Å². The molecule has 2 aromatic carbocycles. The second kappa shape index (κ2) is 6.91.